The van der Waals surface area contributed by atoms with Crippen molar-refractivity contribution in [1.29, 1.82) is 0 Å². The van der Waals surface area contributed by atoms with Crippen molar-refractivity contribution < 1.29 is 31.2 Å². The lowest BCUT2D eigenvalue weighted by Crippen LogP contribution is -2.24. The van der Waals surface area contributed by atoms with Gasteiger partial charge >= 0.3 is 18.0 Å². The summed E-state index contributed by atoms with van der Waals surface area (Å²) in [6.45, 7) is 0.882. The smallest absolute Gasteiger partial charge is 0.391 e. The van der Waals surface area contributed by atoms with Crippen molar-refractivity contribution in [3.05, 3.63) is 75.2 Å². The van der Waals surface area contributed by atoms with Gasteiger partial charge in [0.25, 0.3) is 0 Å². The fraction of sp³-hybridized carbons (Fsp3) is 0.300. The molecule has 0 N–H and O–H groups in total. The topological polar surface area (TPSA) is 74.3 Å². The van der Waals surface area contributed by atoms with Crippen molar-refractivity contribution in [2.75, 3.05) is 0 Å². The number of oxime groups is 1. The molecule has 0 radical (unpaired) electrons. The number of rotatable bonds is 6. The van der Waals surface area contributed by atoms with Crippen molar-refractivity contribution in [2.45, 2.75) is 32.3 Å². The van der Waals surface area contributed by atoms with Crippen LogP contribution in [-0.4, -0.2) is 25.5 Å². The molecule has 0 bridgehead atoms. The molecule has 0 unspecified atom stereocenters. The summed E-state index contributed by atoms with van der Waals surface area (Å²) in [7, 11) is 1.28. The average molecular weight is 473 g/mol. The minimum absolute atomic E-state index is 0.101. The van der Waals surface area contributed by atoms with E-state index in [2.05, 4.69) is 15.6 Å². The maximum atomic E-state index is 13.6. The largest absolute Gasteiger partial charge is 0.416 e. The number of tetrazole rings is 1. The maximum Gasteiger partial charge on any atom is 0.416 e. The fourth-order valence-corrected chi connectivity index (χ4v) is 3.03. The predicted molar refractivity (Wildman–Crippen MR) is 105 cm³/mol. The molecule has 0 saturated carbocycles. The molecular formula is C20H17F6N5O2. The monoisotopic (exact) mass is 473 g/mol. The zero-order valence-electron chi connectivity index (χ0n) is 17.3. The van der Waals surface area contributed by atoms with Gasteiger partial charge in [0, 0.05) is 12.6 Å². The van der Waals surface area contributed by atoms with Crippen LogP contribution in [0.5, 0.6) is 0 Å². The third-order valence-corrected chi connectivity index (χ3v) is 4.65. The lowest BCUT2D eigenvalue weighted by Gasteiger charge is -2.15. The Kier molecular flexibility index (Phi) is 6.60. The average Bonchev–Trinajstić information content (AvgIpc) is 3.08. The number of halogens is 6. The molecular weight excluding hydrogens is 456 g/mol. The summed E-state index contributed by atoms with van der Waals surface area (Å²) in [4.78, 5) is 17.3. The summed E-state index contributed by atoms with van der Waals surface area (Å²) in [6.07, 6.45) is -9.20. The number of hydrogen-bond donors (Lipinski definition) is 0. The van der Waals surface area contributed by atoms with Crippen LogP contribution in [0, 0.1) is 0 Å². The molecule has 33 heavy (non-hydrogen) atoms. The first kappa shape index (κ1) is 24.0. The number of aromatic nitrogens is 4. The normalized spacial score (nSPS) is 12.8. The highest BCUT2D eigenvalue weighted by Gasteiger charge is 2.35. The molecule has 0 aliphatic carbocycles. The summed E-state index contributed by atoms with van der Waals surface area (Å²) >= 11 is 0. The van der Waals surface area contributed by atoms with Crippen LogP contribution in [0.15, 0.2) is 52.4 Å². The third-order valence-electron chi connectivity index (χ3n) is 4.65. The second kappa shape index (κ2) is 9.08. The quantitative estimate of drug-likeness (QED) is 0.304. The number of nitrogens with zero attached hydrogens (tertiary/aromatic N) is 5. The minimum atomic E-state index is -4.78. The van der Waals surface area contributed by atoms with Crippen LogP contribution < -0.4 is 5.69 Å². The molecule has 7 nitrogen and oxygen atoms in total. The zero-order valence-corrected chi connectivity index (χ0v) is 17.3. The first-order chi connectivity index (χ1) is 15.4. The standard InChI is InChI=1S/C20H17F6N5O2/c1-3-16(12-6-4-7-13(10-12)19(21,22)23)27-33-11-14-15(20(24,25)26)8-5-9-17(14)31-18(32)30(2)28-29-31/h4-10H,3,11H2,1-2H3/b27-16+. The van der Waals surface area contributed by atoms with Crippen LogP contribution in [-0.2, 0) is 30.8 Å². The van der Waals surface area contributed by atoms with Gasteiger partial charge in [0.15, 0.2) is 0 Å². The summed E-state index contributed by atoms with van der Waals surface area (Å²) in [6, 6.07) is 7.49. The van der Waals surface area contributed by atoms with Gasteiger partial charge in [-0.05, 0) is 46.7 Å². The molecule has 0 aliphatic rings. The van der Waals surface area contributed by atoms with Crippen molar-refractivity contribution in [1.82, 2.24) is 19.8 Å². The summed E-state index contributed by atoms with van der Waals surface area (Å²) < 4.78 is 81.3. The Labute approximate surface area is 182 Å². The molecule has 13 heteroatoms. The summed E-state index contributed by atoms with van der Waals surface area (Å²) in [5, 5.41) is 10.8. The predicted octanol–water partition coefficient (Wildman–Crippen LogP) is 4.33. The van der Waals surface area contributed by atoms with Crippen LogP contribution in [0.2, 0.25) is 0 Å². The van der Waals surface area contributed by atoms with Crippen LogP contribution in [0.1, 0.15) is 35.6 Å². The SMILES string of the molecule is CC/C(=N\OCc1c(-n2nnn(C)c2=O)cccc1C(F)(F)F)c1cccc(C(F)(F)F)c1. The lowest BCUT2D eigenvalue weighted by atomic mass is 10.0. The number of aryl methyl sites for hydroxylation is 1. The van der Waals surface area contributed by atoms with Crippen LogP contribution in [0.25, 0.3) is 5.69 Å². The molecule has 0 spiro atoms. The van der Waals surface area contributed by atoms with E-state index >= 15 is 0 Å². The van der Waals surface area contributed by atoms with Crippen LogP contribution >= 0.6 is 0 Å². The van der Waals surface area contributed by atoms with E-state index in [9.17, 15) is 31.1 Å². The van der Waals surface area contributed by atoms with Crippen molar-refractivity contribution in [2.24, 2.45) is 12.2 Å². The Hall–Kier alpha value is -3.64. The highest BCUT2D eigenvalue weighted by Crippen LogP contribution is 2.35. The van der Waals surface area contributed by atoms with Gasteiger partial charge in [-0.2, -0.15) is 35.7 Å². The van der Waals surface area contributed by atoms with E-state index < -0.39 is 41.3 Å². The van der Waals surface area contributed by atoms with Crippen molar-refractivity contribution in [3.8, 4) is 5.69 Å². The van der Waals surface area contributed by atoms with Crippen molar-refractivity contribution >= 4 is 5.71 Å². The van der Waals surface area contributed by atoms with Gasteiger partial charge in [-0.15, -0.1) is 0 Å². The Morgan fingerprint density at radius 2 is 1.73 bits per heavy atom. The first-order valence-corrected chi connectivity index (χ1v) is 9.48. The van der Waals surface area contributed by atoms with Gasteiger partial charge in [0.2, 0.25) is 0 Å². The second-order valence-electron chi connectivity index (χ2n) is 6.84. The van der Waals surface area contributed by atoms with E-state index in [4.69, 9.17) is 4.84 Å². The Balaban J connectivity index is 1.98. The van der Waals surface area contributed by atoms with E-state index in [0.717, 1.165) is 28.9 Å². The summed E-state index contributed by atoms with van der Waals surface area (Å²) in [5.41, 5.74) is -3.19. The van der Waals surface area contributed by atoms with Gasteiger partial charge in [-0.1, -0.05) is 30.3 Å². The Morgan fingerprint density at radius 3 is 2.30 bits per heavy atom. The zero-order chi connectivity index (χ0) is 24.4. The van der Waals surface area contributed by atoms with Gasteiger partial charge in [-0.25, -0.2) is 4.79 Å². The van der Waals surface area contributed by atoms with E-state index in [1.54, 1.807) is 6.92 Å². The molecule has 0 saturated heterocycles. The number of hydrogen-bond acceptors (Lipinski definition) is 5. The summed E-state index contributed by atoms with van der Waals surface area (Å²) in [5.74, 6) is 0. The van der Waals surface area contributed by atoms with E-state index in [1.807, 2.05) is 0 Å². The van der Waals surface area contributed by atoms with Crippen molar-refractivity contribution in [3.63, 3.8) is 0 Å². The molecule has 0 fully saturated rings. The second-order valence-corrected chi connectivity index (χ2v) is 6.84. The van der Waals surface area contributed by atoms with Gasteiger partial charge in [0.1, 0.15) is 6.61 Å². The molecule has 0 aliphatic heterocycles. The van der Waals surface area contributed by atoms with Gasteiger partial charge < -0.3 is 4.84 Å². The van der Waals surface area contributed by atoms with E-state index in [1.165, 1.54) is 25.2 Å². The molecule has 2 aromatic carbocycles. The van der Waals surface area contributed by atoms with E-state index in [-0.39, 0.29) is 23.4 Å². The number of alkyl halides is 6. The third kappa shape index (κ3) is 5.23. The molecule has 1 aromatic heterocycles. The lowest BCUT2D eigenvalue weighted by molar-refractivity contribution is -0.139. The van der Waals surface area contributed by atoms with E-state index in [0.29, 0.717) is 4.68 Å². The molecule has 0 atom stereocenters. The van der Waals surface area contributed by atoms with Crippen LogP contribution in [0.3, 0.4) is 0 Å². The Bertz CT molecular complexity index is 1230. The van der Waals surface area contributed by atoms with Crippen LogP contribution in [0.4, 0.5) is 26.3 Å². The minimum Gasteiger partial charge on any atom is -0.391 e. The highest BCUT2D eigenvalue weighted by atomic mass is 19.4. The molecule has 0 amide bonds. The first-order valence-electron chi connectivity index (χ1n) is 9.48. The molecule has 1 heterocycles. The fourth-order valence-electron chi connectivity index (χ4n) is 3.03. The Morgan fingerprint density at radius 1 is 1.03 bits per heavy atom. The number of benzene rings is 2. The highest BCUT2D eigenvalue weighted by molar-refractivity contribution is 6.00. The van der Waals surface area contributed by atoms with Gasteiger partial charge in [-0.3, -0.25) is 0 Å². The van der Waals surface area contributed by atoms with Gasteiger partial charge in [0.05, 0.1) is 22.5 Å². The molecule has 3 aromatic rings. The molecule has 3 rings (SSSR count). The maximum absolute atomic E-state index is 13.6. The molecule has 176 valence electrons.